The molecule has 102 valence electrons. The van der Waals surface area contributed by atoms with E-state index in [0.717, 1.165) is 12.8 Å². The Balaban J connectivity index is 3.90. The summed E-state index contributed by atoms with van der Waals surface area (Å²) in [6.45, 7) is 9.32. The van der Waals surface area contributed by atoms with Crippen molar-refractivity contribution in [3.05, 3.63) is 0 Å². The van der Waals surface area contributed by atoms with E-state index in [1.54, 1.807) is 0 Å². The second-order valence-corrected chi connectivity index (χ2v) is 4.60. The molecule has 1 N–H and O–H groups in total. The largest absolute Gasteiger partial charge is 0.481 e. The van der Waals surface area contributed by atoms with Crippen LogP contribution in [0.3, 0.4) is 0 Å². The van der Waals surface area contributed by atoms with Crippen LogP contribution < -0.4 is 0 Å². The van der Waals surface area contributed by atoms with Crippen molar-refractivity contribution in [3.63, 3.8) is 0 Å². The third-order valence-corrected chi connectivity index (χ3v) is 3.04. The maximum Gasteiger partial charge on any atom is 0.303 e. The van der Waals surface area contributed by atoms with Crippen molar-refractivity contribution in [2.24, 2.45) is 0 Å². The number of carbonyl (C=O) groups is 1. The Morgan fingerprint density at radius 2 is 2.06 bits per heavy atom. The zero-order valence-electron chi connectivity index (χ0n) is 11.5. The average Bonchev–Trinajstić information content (AvgIpc) is 2.27. The van der Waals surface area contributed by atoms with E-state index < -0.39 is 5.97 Å². The second kappa shape index (κ2) is 8.48. The fourth-order valence-corrected chi connectivity index (χ4v) is 1.56. The van der Waals surface area contributed by atoms with Gasteiger partial charge in [0.2, 0.25) is 0 Å². The summed E-state index contributed by atoms with van der Waals surface area (Å²) < 4.78 is 11.2. The van der Waals surface area contributed by atoms with Gasteiger partial charge in [0.25, 0.3) is 0 Å². The van der Waals surface area contributed by atoms with Crippen molar-refractivity contribution < 1.29 is 19.4 Å². The number of hydrogen-bond donors (Lipinski definition) is 1. The van der Waals surface area contributed by atoms with Crippen molar-refractivity contribution in [3.8, 4) is 0 Å². The second-order valence-electron chi connectivity index (χ2n) is 4.60. The fourth-order valence-electron chi connectivity index (χ4n) is 1.56. The van der Waals surface area contributed by atoms with E-state index in [2.05, 4.69) is 0 Å². The molecule has 0 spiro atoms. The number of aliphatic carboxylic acids is 1. The molecule has 0 saturated heterocycles. The van der Waals surface area contributed by atoms with Crippen molar-refractivity contribution >= 4 is 5.97 Å². The molecule has 0 amide bonds. The molecule has 0 aliphatic rings. The molecule has 0 aromatic heterocycles. The minimum absolute atomic E-state index is 0.158. The van der Waals surface area contributed by atoms with Crippen LogP contribution in [0, 0.1) is 0 Å². The molecule has 0 aliphatic carbocycles. The lowest BCUT2D eigenvalue weighted by Crippen LogP contribution is -2.30. The van der Waals surface area contributed by atoms with E-state index in [1.807, 2.05) is 27.7 Å². The minimum Gasteiger partial charge on any atom is -0.481 e. The predicted molar refractivity (Wildman–Crippen MR) is 67.2 cm³/mol. The highest BCUT2D eigenvalue weighted by Crippen LogP contribution is 2.22. The van der Waals surface area contributed by atoms with E-state index >= 15 is 0 Å². The van der Waals surface area contributed by atoms with Crippen LogP contribution in [0.15, 0.2) is 0 Å². The van der Waals surface area contributed by atoms with Crippen molar-refractivity contribution in [2.75, 3.05) is 13.2 Å². The maximum atomic E-state index is 10.6. The highest BCUT2D eigenvalue weighted by molar-refractivity contribution is 5.66. The van der Waals surface area contributed by atoms with Gasteiger partial charge in [-0.05, 0) is 40.0 Å². The molecule has 0 heterocycles. The van der Waals surface area contributed by atoms with Crippen LogP contribution >= 0.6 is 0 Å². The lowest BCUT2D eigenvalue weighted by atomic mass is 9.97. The monoisotopic (exact) mass is 246 g/mol. The van der Waals surface area contributed by atoms with Gasteiger partial charge in [0.05, 0.1) is 11.7 Å². The molecule has 2 atom stereocenters. The molecular weight excluding hydrogens is 220 g/mol. The van der Waals surface area contributed by atoms with Crippen LogP contribution in [0.1, 0.15) is 53.4 Å². The Bertz CT molecular complexity index is 217. The molecule has 0 aliphatic heterocycles. The SMILES string of the molecule is CCOC(C)CCOC(C)(CC)CCC(=O)O. The number of hydrogen-bond acceptors (Lipinski definition) is 3. The zero-order chi connectivity index (χ0) is 13.3. The van der Waals surface area contributed by atoms with E-state index in [-0.39, 0.29) is 18.1 Å². The van der Waals surface area contributed by atoms with Crippen LogP contribution in [0.25, 0.3) is 0 Å². The van der Waals surface area contributed by atoms with Gasteiger partial charge >= 0.3 is 5.97 Å². The smallest absolute Gasteiger partial charge is 0.303 e. The van der Waals surface area contributed by atoms with Crippen molar-refractivity contribution in [2.45, 2.75) is 65.1 Å². The van der Waals surface area contributed by atoms with Gasteiger partial charge in [0.1, 0.15) is 0 Å². The third-order valence-electron chi connectivity index (χ3n) is 3.04. The van der Waals surface area contributed by atoms with Gasteiger partial charge in [-0.1, -0.05) is 6.92 Å². The molecule has 0 aromatic carbocycles. The van der Waals surface area contributed by atoms with Crippen LogP contribution in [0.4, 0.5) is 0 Å². The number of carboxylic acids is 1. The van der Waals surface area contributed by atoms with Crippen molar-refractivity contribution in [1.82, 2.24) is 0 Å². The summed E-state index contributed by atoms with van der Waals surface area (Å²) in [6.07, 6.45) is 2.58. The topological polar surface area (TPSA) is 55.8 Å². The molecule has 0 radical (unpaired) electrons. The van der Waals surface area contributed by atoms with E-state index in [0.29, 0.717) is 19.6 Å². The lowest BCUT2D eigenvalue weighted by Gasteiger charge is -2.28. The number of rotatable bonds is 10. The first-order chi connectivity index (χ1) is 7.93. The van der Waals surface area contributed by atoms with Gasteiger partial charge in [-0.2, -0.15) is 0 Å². The summed E-state index contributed by atoms with van der Waals surface area (Å²) in [5.41, 5.74) is -0.329. The van der Waals surface area contributed by atoms with Crippen LogP contribution in [-0.2, 0) is 14.3 Å². The molecule has 2 unspecified atom stereocenters. The van der Waals surface area contributed by atoms with Crippen LogP contribution in [0.5, 0.6) is 0 Å². The predicted octanol–water partition coefficient (Wildman–Crippen LogP) is 2.85. The Hall–Kier alpha value is -0.610. The Kier molecular flexibility index (Phi) is 8.17. The normalized spacial score (nSPS) is 16.5. The maximum absolute atomic E-state index is 10.6. The molecule has 0 saturated carbocycles. The highest BCUT2D eigenvalue weighted by atomic mass is 16.5. The highest BCUT2D eigenvalue weighted by Gasteiger charge is 2.23. The molecular formula is C13H26O4. The van der Waals surface area contributed by atoms with Gasteiger partial charge in [-0.15, -0.1) is 0 Å². The van der Waals surface area contributed by atoms with Gasteiger partial charge in [-0.3, -0.25) is 4.79 Å². The standard InChI is InChI=1S/C13H26O4/c1-5-13(4,9-7-12(14)15)17-10-8-11(3)16-6-2/h11H,5-10H2,1-4H3,(H,14,15). The van der Waals surface area contributed by atoms with Gasteiger partial charge in [0.15, 0.2) is 0 Å². The minimum atomic E-state index is -0.768. The Labute approximate surface area is 104 Å². The number of carboxylic acid groups (broad SMARTS) is 1. The van der Waals surface area contributed by atoms with Gasteiger partial charge in [0, 0.05) is 19.6 Å². The molecule has 0 bridgehead atoms. The summed E-state index contributed by atoms with van der Waals surface area (Å²) >= 11 is 0. The molecule has 0 rings (SSSR count). The first-order valence-corrected chi connectivity index (χ1v) is 6.41. The summed E-state index contributed by atoms with van der Waals surface area (Å²) in [5.74, 6) is -0.768. The van der Waals surface area contributed by atoms with Crippen LogP contribution in [0.2, 0.25) is 0 Å². The molecule has 4 nitrogen and oxygen atoms in total. The summed E-state index contributed by atoms with van der Waals surface area (Å²) in [6, 6.07) is 0. The Morgan fingerprint density at radius 3 is 2.53 bits per heavy atom. The zero-order valence-corrected chi connectivity index (χ0v) is 11.5. The van der Waals surface area contributed by atoms with Crippen LogP contribution in [-0.4, -0.2) is 36.0 Å². The van der Waals surface area contributed by atoms with E-state index in [9.17, 15) is 4.79 Å². The van der Waals surface area contributed by atoms with Gasteiger partial charge in [-0.25, -0.2) is 0 Å². The molecule has 0 fully saturated rings. The number of ether oxygens (including phenoxy) is 2. The molecule has 17 heavy (non-hydrogen) atoms. The first kappa shape index (κ1) is 16.4. The summed E-state index contributed by atoms with van der Waals surface area (Å²) in [4.78, 5) is 10.6. The summed E-state index contributed by atoms with van der Waals surface area (Å²) in [5, 5.41) is 8.68. The van der Waals surface area contributed by atoms with E-state index in [4.69, 9.17) is 14.6 Å². The Morgan fingerprint density at radius 1 is 1.41 bits per heavy atom. The summed E-state index contributed by atoms with van der Waals surface area (Å²) in [7, 11) is 0. The quantitative estimate of drug-likeness (QED) is 0.644. The van der Waals surface area contributed by atoms with Crippen molar-refractivity contribution in [1.29, 1.82) is 0 Å². The van der Waals surface area contributed by atoms with Gasteiger partial charge < -0.3 is 14.6 Å². The molecule has 4 heteroatoms. The lowest BCUT2D eigenvalue weighted by molar-refractivity contribution is -0.139. The average molecular weight is 246 g/mol. The third kappa shape index (κ3) is 8.16. The fraction of sp³-hybridized carbons (Fsp3) is 0.923. The first-order valence-electron chi connectivity index (χ1n) is 6.41. The molecule has 0 aromatic rings. The van der Waals surface area contributed by atoms with E-state index in [1.165, 1.54) is 0 Å².